The second kappa shape index (κ2) is 13.4. The molecule has 0 bridgehead atoms. The summed E-state index contributed by atoms with van der Waals surface area (Å²) in [5.41, 5.74) is 14.3. The van der Waals surface area contributed by atoms with Crippen LogP contribution in [0.15, 0.2) is 66.7 Å². The topological polar surface area (TPSA) is 114 Å². The Morgan fingerprint density at radius 1 is 0.846 bits per heavy atom. The zero-order valence-corrected chi connectivity index (χ0v) is 21.3. The van der Waals surface area contributed by atoms with Crippen molar-refractivity contribution < 1.29 is 37.0 Å². The van der Waals surface area contributed by atoms with Crippen LogP contribution in [0.1, 0.15) is 47.7 Å². The first kappa shape index (κ1) is 29.1. The lowest BCUT2D eigenvalue weighted by molar-refractivity contribution is -0.136. The van der Waals surface area contributed by atoms with Crippen LogP contribution in [0.25, 0.3) is 11.6 Å². The molecule has 0 atom stereocenters. The molecule has 3 rings (SSSR count). The largest absolute Gasteiger partial charge is 0.494 e. The van der Waals surface area contributed by atoms with Crippen LogP contribution in [0.5, 0.6) is 11.5 Å². The lowest BCUT2D eigenvalue weighted by atomic mass is 10.0. The van der Waals surface area contributed by atoms with Gasteiger partial charge in [0.2, 0.25) is 0 Å². The Balaban J connectivity index is 1.62. The average molecular weight is 543 g/mol. The molecule has 0 spiro atoms. The minimum atomic E-state index is -4.17. The molecule has 0 amide bonds. The molecule has 0 aliphatic heterocycles. The quantitative estimate of drug-likeness (QED) is 0.0731. The molecule has 0 saturated heterocycles. The van der Waals surface area contributed by atoms with Crippen LogP contribution in [-0.2, 0) is 9.53 Å². The van der Waals surface area contributed by atoms with E-state index in [4.69, 9.17) is 25.7 Å². The molecule has 0 heterocycles. The summed E-state index contributed by atoms with van der Waals surface area (Å²) in [6, 6.07) is 17.5. The molecular formula is C29H29F3N2O5. The summed E-state index contributed by atoms with van der Waals surface area (Å²) in [7, 11) is 0. The van der Waals surface area contributed by atoms with E-state index in [2.05, 4.69) is 0 Å². The summed E-state index contributed by atoms with van der Waals surface area (Å²) >= 11 is 0. The SMILES string of the molecule is CCOC(=O)C(=Cc1ccc(OC(=O)c2ccc(OCCCCC(F)(F)F)cc2)cc1)c1cc(N)cc(N)c1. The number of halogens is 3. The van der Waals surface area contributed by atoms with Gasteiger partial charge in [-0.05, 0) is 91.6 Å². The van der Waals surface area contributed by atoms with Crippen LogP contribution < -0.4 is 20.9 Å². The minimum absolute atomic E-state index is 0.0118. The third-order valence-corrected chi connectivity index (χ3v) is 5.40. The van der Waals surface area contributed by atoms with Gasteiger partial charge in [-0.1, -0.05) is 12.1 Å². The predicted molar refractivity (Wildman–Crippen MR) is 143 cm³/mol. The van der Waals surface area contributed by atoms with E-state index < -0.39 is 24.5 Å². The Hall–Kier alpha value is -4.47. The van der Waals surface area contributed by atoms with Crippen LogP contribution in [0.2, 0.25) is 0 Å². The maximum Gasteiger partial charge on any atom is 0.389 e. The molecule has 0 aliphatic rings. The molecule has 0 aromatic heterocycles. The van der Waals surface area contributed by atoms with Gasteiger partial charge in [-0.3, -0.25) is 0 Å². The summed E-state index contributed by atoms with van der Waals surface area (Å²) < 4.78 is 52.6. The zero-order chi connectivity index (χ0) is 28.4. The number of alkyl halides is 3. The number of carbonyl (C=O) groups excluding carboxylic acids is 2. The van der Waals surface area contributed by atoms with Gasteiger partial charge in [0, 0.05) is 17.8 Å². The molecule has 0 saturated carbocycles. The van der Waals surface area contributed by atoms with Crippen molar-refractivity contribution in [3.63, 3.8) is 0 Å². The molecule has 0 aliphatic carbocycles. The molecule has 3 aromatic rings. The van der Waals surface area contributed by atoms with Crippen molar-refractivity contribution in [2.75, 3.05) is 24.7 Å². The van der Waals surface area contributed by atoms with E-state index in [1.807, 2.05) is 0 Å². The van der Waals surface area contributed by atoms with Crippen molar-refractivity contribution in [2.45, 2.75) is 32.4 Å². The monoisotopic (exact) mass is 542 g/mol. The van der Waals surface area contributed by atoms with Gasteiger partial charge in [-0.15, -0.1) is 0 Å². The number of unbranched alkanes of at least 4 members (excludes halogenated alkanes) is 1. The highest BCUT2D eigenvalue weighted by atomic mass is 19.4. The van der Waals surface area contributed by atoms with Crippen molar-refractivity contribution in [2.24, 2.45) is 0 Å². The number of benzene rings is 3. The van der Waals surface area contributed by atoms with Crippen molar-refractivity contribution in [3.05, 3.63) is 83.4 Å². The number of esters is 2. The van der Waals surface area contributed by atoms with Crippen molar-refractivity contribution in [1.29, 1.82) is 0 Å². The molecule has 7 nitrogen and oxygen atoms in total. The third-order valence-electron chi connectivity index (χ3n) is 5.40. The highest BCUT2D eigenvalue weighted by Gasteiger charge is 2.25. The maximum absolute atomic E-state index is 12.6. The summed E-state index contributed by atoms with van der Waals surface area (Å²) in [5, 5.41) is 0. The van der Waals surface area contributed by atoms with E-state index in [1.165, 1.54) is 12.1 Å². The van der Waals surface area contributed by atoms with E-state index in [0.29, 0.717) is 28.3 Å². The normalized spacial score (nSPS) is 11.6. The van der Waals surface area contributed by atoms with Gasteiger partial charge in [0.15, 0.2) is 0 Å². The molecule has 0 unspecified atom stereocenters. The number of hydrogen-bond acceptors (Lipinski definition) is 7. The molecule has 3 aromatic carbocycles. The van der Waals surface area contributed by atoms with Crippen LogP contribution in [-0.4, -0.2) is 31.3 Å². The molecule has 39 heavy (non-hydrogen) atoms. The standard InChI is InChI=1S/C29H29F3N2O5/c1-2-37-28(36)26(21-16-22(33)18-23(34)17-21)15-19-5-9-25(10-6-19)39-27(35)20-7-11-24(12-8-20)38-14-4-3-13-29(30,31)32/h5-12,15-18H,2-4,13-14,33-34H2,1H3. The van der Waals surface area contributed by atoms with Gasteiger partial charge in [0.05, 0.1) is 24.4 Å². The smallest absolute Gasteiger partial charge is 0.389 e. The first-order chi connectivity index (χ1) is 18.5. The molecule has 0 radical (unpaired) electrons. The van der Waals surface area contributed by atoms with Gasteiger partial charge in [0.1, 0.15) is 11.5 Å². The van der Waals surface area contributed by atoms with Crippen LogP contribution in [0.3, 0.4) is 0 Å². The number of hydrogen-bond donors (Lipinski definition) is 2. The Morgan fingerprint density at radius 3 is 2.05 bits per heavy atom. The number of carbonyl (C=O) groups is 2. The van der Waals surface area contributed by atoms with E-state index in [9.17, 15) is 22.8 Å². The molecule has 206 valence electrons. The Morgan fingerprint density at radius 2 is 1.46 bits per heavy atom. The van der Waals surface area contributed by atoms with Gasteiger partial charge in [0.25, 0.3) is 0 Å². The van der Waals surface area contributed by atoms with Crippen molar-refractivity contribution >= 4 is 35.0 Å². The van der Waals surface area contributed by atoms with Gasteiger partial charge in [-0.25, -0.2) is 9.59 Å². The lowest BCUT2D eigenvalue weighted by Crippen LogP contribution is -2.09. The van der Waals surface area contributed by atoms with Crippen LogP contribution in [0, 0.1) is 0 Å². The summed E-state index contributed by atoms with van der Waals surface area (Å²) in [6.07, 6.45) is -3.13. The van der Waals surface area contributed by atoms with E-state index in [1.54, 1.807) is 67.6 Å². The molecule has 4 N–H and O–H groups in total. The Labute approximate surface area is 224 Å². The number of nitrogens with two attached hydrogens (primary N) is 2. The van der Waals surface area contributed by atoms with Crippen molar-refractivity contribution in [1.82, 2.24) is 0 Å². The molecular weight excluding hydrogens is 513 g/mol. The minimum Gasteiger partial charge on any atom is -0.494 e. The highest BCUT2D eigenvalue weighted by Crippen LogP contribution is 2.26. The Kier molecular flexibility index (Phi) is 9.97. The number of anilines is 2. The molecule has 10 heteroatoms. The number of ether oxygens (including phenoxy) is 3. The van der Waals surface area contributed by atoms with Gasteiger partial charge in [-0.2, -0.15) is 13.2 Å². The summed E-state index contributed by atoms with van der Waals surface area (Å²) in [4.78, 5) is 25.1. The second-order valence-corrected chi connectivity index (χ2v) is 8.57. The summed E-state index contributed by atoms with van der Waals surface area (Å²) in [5.74, 6) is -0.411. The Bertz CT molecular complexity index is 1280. The fourth-order valence-electron chi connectivity index (χ4n) is 3.57. The molecule has 0 fully saturated rings. The van der Waals surface area contributed by atoms with Gasteiger partial charge < -0.3 is 25.7 Å². The van der Waals surface area contributed by atoms with Crippen LogP contribution in [0.4, 0.5) is 24.5 Å². The summed E-state index contributed by atoms with van der Waals surface area (Å²) in [6.45, 7) is 2.04. The van der Waals surface area contributed by atoms with E-state index in [0.717, 1.165) is 0 Å². The second-order valence-electron chi connectivity index (χ2n) is 8.57. The predicted octanol–water partition coefficient (Wildman–Crippen LogP) is 6.29. The van der Waals surface area contributed by atoms with E-state index >= 15 is 0 Å². The number of rotatable bonds is 11. The fourth-order valence-corrected chi connectivity index (χ4v) is 3.57. The first-order valence-electron chi connectivity index (χ1n) is 12.2. The van der Waals surface area contributed by atoms with Crippen LogP contribution >= 0.6 is 0 Å². The van der Waals surface area contributed by atoms with Crippen molar-refractivity contribution in [3.8, 4) is 11.5 Å². The fraction of sp³-hybridized carbons (Fsp3) is 0.241. The first-order valence-corrected chi connectivity index (χ1v) is 12.2. The average Bonchev–Trinajstić information content (AvgIpc) is 2.87. The number of nitrogen functional groups attached to an aromatic ring is 2. The maximum atomic E-state index is 12.6. The third kappa shape index (κ3) is 9.41. The highest BCUT2D eigenvalue weighted by molar-refractivity contribution is 6.22. The van der Waals surface area contributed by atoms with E-state index in [-0.39, 0.29) is 42.9 Å². The van der Waals surface area contributed by atoms with Gasteiger partial charge >= 0.3 is 18.1 Å². The lowest BCUT2D eigenvalue weighted by Gasteiger charge is -2.10. The zero-order valence-electron chi connectivity index (χ0n) is 21.3.